The summed E-state index contributed by atoms with van der Waals surface area (Å²) in [5.74, 6) is -0.902. The number of anilines is 1. The van der Waals surface area contributed by atoms with Gasteiger partial charge in [-0.05, 0) is 25.1 Å². The molecule has 3 aromatic rings. The van der Waals surface area contributed by atoms with Crippen molar-refractivity contribution < 1.29 is 9.18 Å². The smallest absolute Gasteiger partial charge is 0.275 e. The highest BCUT2D eigenvalue weighted by Crippen LogP contribution is 2.23. The molecule has 3 rings (SSSR count). The van der Waals surface area contributed by atoms with E-state index in [0.717, 1.165) is 0 Å². The zero-order valence-electron chi connectivity index (χ0n) is 11.2. The number of pyridine rings is 1. The molecular formula is C15H11FN4O. The van der Waals surface area contributed by atoms with E-state index in [9.17, 15) is 9.18 Å². The van der Waals surface area contributed by atoms with E-state index < -0.39 is 11.7 Å². The summed E-state index contributed by atoms with van der Waals surface area (Å²) in [6, 6.07) is 6.03. The Kier molecular flexibility index (Phi) is 3.27. The number of rotatable bonds is 2. The van der Waals surface area contributed by atoms with Crippen molar-refractivity contribution in [2.75, 3.05) is 5.32 Å². The number of fused-ring (bicyclic) bond motifs is 1. The standard InChI is InChI=1S/C15H11FN4O/c1-9-7-19-13(8-18-9)15(21)20-12-6-11(16)5-10-3-2-4-17-14(10)12/h2-8H,1H3,(H,20,21). The predicted molar refractivity (Wildman–Crippen MR) is 76.4 cm³/mol. The third kappa shape index (κ3) is 2.69. The maximum Gasteiger partial charge on any atom is 0.275 e. The van der Waals surface area contributed by atoms with Crippen molar-refractivity contribution in [1.82, 2.24) is 15.0 Å². The van der Waals surface area contributed by atoms with Gasteiger partial charge in [-0.15, -0.1) is 0 Å². The maximum absolute atomic E-state index is 13.6. The molecule has 0 unspecified atom stereocenters. The average Bonchev–Trinajstić information content (AvgIpc) is 2.47. The minimum Gasteiger partial charge on any atom is -0.319 e. The highest BCUT2D eigenvalue weighted by atomic mass is 19.1. The largest absolute Gasteiger partial charge is 0.319 e. The molecule has 5 nitrogen and oxygen atoms in total. The van der Waals surface area contributed by atoms with Crippen LogP contribution in [0, 0.1) is 12.7 Å². The molecule has 6 heteroatoms. The van der Waals surface area contributed by atoms with Crippen molar-refractivity contribution in [2.45, 2.75) is 6.92 Å². The van der Waals surface area contributed by atoms with Crippen molar-refractivity contribution in [3.63, 3.8) is 0 Å². The van der Waals surface area contributed by atoms with Crippen LogP contribution in [-0.4, -0.2) is 20.9 Å². The monoisotopic (exact) mass is 282 g/mol. The number of halogens is 1. The number of amides is 1. The molecule has 0 aliphatic rings. The summed E-state index contributed by atoms with van der Waals surface area (Å²) in [4.78, 5) is 24.3. The summed E-state index contributed by atoms with van der Waals surface area (Å²) in [7, 11) is 0. The molecule has 1 N–H and O–H groups in total. The van der Waals surface area contributed by atoms with Crippen LogP contribution in [0.4, 0.5) is 10.1 Å². The van der Waals surface area contributed by atoms with Crippen molar-refractivity contribution in [2.24, 2.45) is 0 Å². The van der Waals surface area contributed by atoms with Crippen LogP contribution < -0.4 is 5.32 Å². The molecule has 1 amide bonds. The number of benzene rings is 1. The van der Waals surface area contributed by atoms with Gasteiger partial charge >= 0.3 is 0 Å². The highest BCUT2D eigenvalue weighted by Gasteiger charge is 2.12. The van der Waals surface area contributed by atoms with E-state index >= 15 is 0 Å². The van der Waals surface area contributed by atoms with Gasteiger partial charge in [0, 0.05) is 17.8 Å². The highest BCUT2D eigenvalue weighted by molar-refractivity contribution is 6.07. The first-order valence-electron chi connectivity index (χ1n) is 6.28. The quantitative estimate of drug-likeness (QED) is 0.784. The fourth-order valence-corrected chi connectivity index (χ4v) is 1.95. The van der Waals surface area contributed by atoms with E-state index in [1.807, 2.05) is 0 Å². The molecule has 104 valence electrons. The lowest BCUT2D eigenvalue weighted by atomic mass is 10.2. The lowest BCUT2D eigenvalue weighted by Crippen LogP contribution is -2.14. The van der Waals surface area contributed by atoms with Gasteiger partial charge in [0.1, 0.15) is 11.5 Å². The van der Waals surface area contributed by atoms with Crippen molar-refractivity contribution in [1.29, 1.82) is 0 Å². The van der Waals surface area contributed by atoms with Crippen LogP contribution in [0.1, 0.15) is 16.2 Å². The van der Waals surface area contributed by atoms with Gasteiger partial charge in [0.2, 0.25) is 0 Å². The minimum atomic E-state index is -0.458. The third-order valence-electron chi connectivity index (χ3n) is 2.93. The molecule has 2 heterocycles. The molecule has 0 saturated heterocycles. The molecule has 0 radical (unpaired) electrons. The van der Waals surface area contributed by atoms with Gasteiger partial charge in [-0.1, -0.05) is 6.07 Å². The minimum absolute atomic E-state index is 0.161. The second-order valence-electron chi connectivity index (χ2n) is 4.53. The molecule has 0 atom stereocenters. The van der Waals surface area contributed by atoms with Gasteiger partial charge in [-0.2, -0.15) is 0 Å². The summed E-state index contributed by atoms with van der Waals surface area (Å²) in [5.41, 5.74) is 1.70. The van der Waals surface area contributed by atoms with E-state index in [2.05, 4.69) is 20.3 Å². The van der Waals surface area contributed by atoms with Crippen molar-refractivity contribution in [3.8, 4) is 0 Å². The fourth-order valence-electron chi connectivity index (χ4n) is 1.95. The Bertz CT molecular complexity index is 818. The van der Waals surface area contributed by atoms with E-state index in [0.29, 0.717) is 22.3 Å². The Balaban J connectivity index is 1.98. The lowest BCUT2D eigenvalue weighted by Gasteiger charge is -2.08. The number of hydrogen-bond acceptors (Lipinski definition) is 4. The third-order valence-corrected chi connectivity index (χ3v) is 2.93. The molecule has 0 saturated carbocycles. The lowest BCUT2D eigenvalue weighted by molar-refractivity contribution is 0.102. The van der Waals surface area contributed by atoms with E-state index in [4.69, 9.17) is 0 Å². The molecule has 0 aliphatic heterocycles. The zero-order valence-corrected chi connectivity index (χ0v) is 11.2. The predicted octanol–water partition coefficient (Wildman–Crippen LogP) is 2.72. The normalized spacial score (nSPS) is 10.6. The average molecular weight is 282 g/mol. The Morgan fingerprint density at radius 2 is 2.05 bits per heavy atom. The fraction of sp³-hybridized carbons (Fsp3) is 0.0667. The molecule has 2 aromatic heterocycles. The second kappa shape index (κ2) is 5.24. The van der Waals surface area contributed by atoms with Crippen molar-refractivity contribution in [3.05, 3.63) is 60.1 Å². The number of nitrogens with zero attached hydrogens (tertiary/aromatic N) is 3. The molecule has 0 spiro atoms. The van der Waals surface area contributed by atoms with Gasteiger partial charge in [0.05, 0.1) is 23.1 Å². The van der Waals surface area contributed by atoms with Crippen LogP contribution in [0.3, 0.4) is 0 Å². The topological polar surface area (TPSA) is 67.8 Å². The van der Waals surface area contributed by atoms with Crippen LogP contribution >= 0.6 is 0 Å². The van der Waals surface area contributed by atoms with E-state index in [-0.39, 0.29) is 5.69 Å². The van der Waals surface area contributed by atoms with Crippen LogP contribution in [0.15, 0.2) is 42.9 Å². The summed E-state index contributed by atoms with van der Waals surface area (Å²) >= 11 is 0. The Labute approximate surface area is 119 Å². The zero-order chi connectivity index (χ0) is 14.8. The van der Waals surface area contributed by atoms with E-state index in [1.54, 1.807) is 25.3 Å². The first-order chi connectivity index (χ1) is 10.1. The van der Waals surface area contributed by atoms with Crippen LogP contribution in [0.25, 0.3) is 10.9 Å². The SMILES string of the molecule is Cc1cnc(C(=O)Nc2cc(F)cc3cccnc23)cn1. The molecule has 0 bridgehead atoms. The van der Waals surface area contributed by atoms with Gasteiger partial charge in [-0.25, -0.2) is 9.37 Å². The first kappa shape index (κ1) is 13.1. The molecule has 0 aliphatic carbocycles. The van der Waals surface area contributed by atoms with Crippen molar-refractivity contribution >= 4 is 22.5 Å². The van der Waals surface area contributed by atoms with Crippen LogP contribution in [-0.2, 0) is 0 Å². The summed E-state index contributed by atoms with van der Waals surface area (Å²) < 4.78 is 13.6. The Morgan fingerprint density at radius 1 is 1.19 bits per heavy atom. The van der Waals surface area contributed by atoms with Gasteiger partial charge in [-0.3, -0.25) is 14.8 Å². The summed E-state index contributed by atoms with van der Waals surface area (Å²) in [6.07, 6.45) is 4.46. The second-order valence-corrected chi connectivity index (χ2v) is 4.53. The number of carbonyl (C=O) groups excluding carboxylic acids is 1. The van der Waals surface area contributed by atoms with Gasteiger partial charge in [0.25, 0.3) is 5.91 Å². The Morgan fingerprint density at radius 3 is 2.81 bits per heavy atom. The molecule has 1 aromatic carbocycles. The molecular weight excluding hydrogens is 271 g/mol. The number of aryl methyl sites for hydroxylation is 1. The van der Waals surface area contributed by atoms with Crippen LogP contribution in [0.5, 0.6) is 0 Å². The first-order valence-corrected chi connectivity index (χ1v) is 6.28. The maximum atomic E-state index is 13.6. The molecule has 21 heavy (non-hydrogen) atoms. The summed E-state index contributed by atoms with van der Waals surface area (Å²) in [5, 5.41) is 3.23. The van der Waals surface area contributed by atoms with E-state index in [1.165, 1.54) is 24.5 Å². The summed E-state index contributed by atoms with van der Waals surface area (Å²) in [6.45, 7) is 1.78. The molecule has 0 fully saturated rings. The van der Waals surface area contributed by atoms with Gasteiger partial charge < -0.3 is 5.32 Å². The number of aromatic nitrogens is 3. The number of hydrogen-bond donors (Lipinski definition) is 1. The number of carbonyl (C=O) groups is 1. The Hall–Kier alpha value is -2.89. The van der Waals surface area contributed by atoms with Crippen LogP contribution in [0.2, 0.25) is 0 Å². The number of nitrogens with one attached hydrogen (secondary N) is 1. The van der Waals surface area contributed by atoms with Gasteiger partial charge in [0.15, 0.2) is 0 Å².